The van der Waals surface area contributed by atoms with E-state index in [0.717, 1.165) is 16.9 Å². The fourth-order valence-corrected chi connectivity index (χ4v) is 1.27. The number of aryl methyl sites for hydroxylation is 2. The van der Waals surface area contributed by atoms with Gasteiger partial charge in [0.25, 0.3) is 0 Å². The van der Waals surface area contributed by atoms with Crippen molar-refractivity contribution in [1.29, 1.82) is 5.26 Å². The van der Waals surface area contributed by atoms with Gasteiger partial charge in [0.05, 0.1) is 17.6 Å². The van der Waals surface area contributed by atoms with E-state index in [0.29, 0.717) is 5.69 Å². The van der Waals surface area contributed by atoms with Gasteiger partial charge in [0.2, 0.25) is 0 Å². The first-order valence-electron chi connectivity index (χ1n) is 5.60. The molecule has 0 spiro atoms. The molecule has 0 bridgehead atoms. The van der Waals surface area contributed by atoms with Crippen molar-refractivity contribution in [2.45, 2.75) is 27.7 Å². The lowest BCUT2D eigenvalue weighted by molar-refractivity contribution is 0.856. The van der Waals surface area contributed by atoms with E-state index in [4.69, 9.17) is 5.26 Å². The Morgan fingerprint density at radius 3 is 2.35 bits per heavy atom. The average Bonchev–Trinajstić information content (AvgIpc) is 2.72. The Labute approximate surface area is 102 Å². The van der Waals surface area contributed by atoms with Crippen LogP contribution in [0.15, 0.2) is 24.5 Å². The topological polar surface area (TPSA) is 54.5 Å². The second-order valence-electron chi connectivity index (χ2n) is 3.36. The minimum Gasteiger partial charge on any atom is -0.243 e. The molecule has 0 radical (unpaired) electrons. The zero-order valence-electron chi connectivity index (χ0n) is 10.6. The van der Waals surface area contributed by atoms with E-state index in [-0.39, 0.29) is 0 Å². The molecule has 2 rings (SSSR count). The highest BCUT2D eigenvalue weighted by Gasteiger charge is 2.02. The molecule has 2 aromatic heterocycles. The van der Waals surface area contributed by atoms with Crippen LogP contribution in [-0.4, -0.2) is 14.8 Å². The zero-order valence-corrected chi connectivity index (χ0v) is 10.6. The minimum absolute atomic E-state index is 0.416. The van der Waals surface area contributed by atoms with Crippen molar-refractivity contribution in [2.24, 2.45) is 0 Å². The first-order valence-corrected chi connectivity index (χ1v) is 5.60. The third-order valence-electron chi connectivity index (χ3n) is 2.27. The fourth-order valence-electron chi connectivity index (χ4n) is 1.27. The van der Waals surface area contributed by atoms with E-state index < -0.39 is 0 Å². The second-order valence-corrected chi connectivity index (χ2v) is 3.36. The van der Waals surface area contributed by atoms with Crippen molar-refractivity contribution in [3.8, 4) is 11.8 Å². The van der Waals surface area contributed by atoms with Crippen molar-refractivity contribution < 1.29 is 0 Å². The van der Waals surface area contributed by atoms with Crippen LogP contribution in [0.1, 0.15) is 30.8 Å². The van der Waals surface area contributed by atoms with Crippen molar-refractivity contribution in [1.82, 2.24) is 14.8 Å². The summed E-state index contributed by atoms with van der Waals surface area (Å²) in [4.78, 5) is 3.99. The normalized spacial score (nSPS) is 9.12. The summed E-state index contributed by atoms with van der Waals surface area (Å²) in [6, 6.07) is 5.49. The summed E-state index contributed by atoms with van der Waals surface area (Å²) in [6.45, 7) is 7.97. The minimum atomic E-state index is 0.416. The lowest BCUT2D eigenvalue weighted by Gasteiger charge is -1.99. The molecule has 0 aliphatic carbocycles. The van der Waals surface area contributed by atoms with Crippen LogP contribution >= 0.6 is 0 Å². The summed E-state index contributed by atoms with van der Waals surface area (Å²) in [5, 5.41) is 12.9. The molecule has 0 unspecified atom stereocenters. The Balaban J connectivity index is 0.000000686. The maximum Gasteiger partial charge on any atom is 0.140 e. The highest BCUT2D eigenvalue weighted by Crippen LogP contribution is 2.10. The Bertz CT molecular complexity index is 498. The molecular weight excluding hydrogens is 212 g/mol. The van der Waals surface area contributed by atoms with Gasteiger partial charge in [0, 0.05) is 6.20 Å². The maximum atomic E-state index is 8.61. The Hall–Kier alpha value is -2.15. The summed E-state index contributed by atoms with van der Waals surface area (Å²) < 4.78 is 1.76. The molecule has 88 valence electrons. The highest BCUT2D eigenvalue weighted by atomic mass is 15.3. The van der Waals surface area contributed by atoms with Gasteiger partial charge < -0.3 is 0 Å². The Kier molecular flexibility index (Phi) is 4.41. The number of aromatic nitrogens is 3. The summed E-state index contributed by atoms with van der Waals surface area (Å²) in [5.74, 6) is 0. The Morgan fingerprint density at radius 2 is 1.94 bits per heavy atom. The first kappa shape index (κ1) is 12.9. The second kappa shape index (κ2) is 5.80. The van der Waals surface area contributed by atoms with Gasteiger partial charge in [-0.25, -0.2) is 9.67 Å². The summed E-state index contributed by atoms with van der Waals surface area (Å²) in [5.41, 5.74) is 3.42. The lowest BCUT2D eigenvalue weighted by Crippen LogP contribution is -1.96. The van der Waals surface area contributed by atoms with Gasteiger partial charge in [-0.1, -0.05) is 13.8 Å². The maximum absolute atomic E-state index is 8.61. The number of hydrogen-bond donors (Lipinski definition) is 0. The number of rotatable bonds is 1. The molecule has 0 saturated heterocycles. The van der Waals surface area contributed by atoms with E-state index in [1.807, 2.05) is 46.0 Å². The van der Waals surface area contributed by atoms with E-state index in [1.54, 1.807) is 16.9 Å². The standard InChI is InChI=1S/C11H10N4.C2H6/c1-8-7-15(14-9(8)2)11-4-3-10(5-12)13-6-11;1-2/h3-4,6-7H,1-2H3;1-2H3. The molecule has 0 amide bonds. The predicted molar refractivity (Wildman–Crippen MR) is 66.9 cm³/mol. The monoisotopic (exact) mass is 228 g/mol. The molecule has 17 heavy (non-hydrogen) atoms. The molecule has 4 nitrogen and oxygen atoms in total. The molecule has 2 aromatic rings. The summed E-state index contributed by atoms with van der Waals surface area (Å²) in [6.07, 6.45) is 3.59. The molecule has 0 N–H and O–H groups in total. The largest absolute Gasteiger partial charge is 0.243 e. The molecule has 0 fully saturated rings. The molecule has 0 aliphatic heterocycles. The summed E-state index contributed by atoms with van der Waals surface area (Å²) >= 11 is 0. The number of nitrogens with zero attached hydrogens (tertiary/aromatic N) is 4. The van der Waals surface area contributed by atoms with Crippen LogP contribution in [0.2, 0.25) is 0 Å². The van der Waals surface area contributed by atoms with Gasteiger partial charge in [0.1, 0.15) is 11.8 Å². The molecule has 0 aromatic carbocycles. The molecular formula is C13H16N4. The van der Waals surface area contributed by atoms with E-state index in [1.165, 1.54) is 0 Å². The fraction of sp³-hybridized carbons (Fsp3) is 0.308. The number of hydrogen-bond acceptors (Lipinski definition) is 3. The van der Waals surface area contributed by atoms with Gasteiger partial charge in [-0.2, -0.15) is 10.4 Å². The van der Waals surface area contributed by atoms with Crippen molar-refractivity contribution >= 4 is 0 Å². The molecule has 2 heterocycles. The van der Waals surface area contributed by atoms with E-state index in [9.17, 15) is 0 Å². The van der Waals surface area contributed by atoms with Crippen LogP contribution in [0.3, 0.4) is 0 Å². The zero-order chi connectivity index (χ0) is 12.8. The van der Waals surface area contributed by atoms with Gasteiger partial charge in [0.15, 0.2) is 0 Å². The molecule has 0 aliphatic rings. The number of pyridine rings is 1. The van der Waals surface area contributed by atoms with Crippen LogP contribution in [0.4, 0.5) is 0 Å². The third kappa shape index (κ3) is 2.91. The molecule has 0 atom stereocenters. The van der Waals surface area contributed by atoms with E-state index >= 15 is 0 Å². The van der Waals surface area contributed by atoms with Gasteiger partial charge in [-0.15, -0.1) is 0 Å². The van der Waals surface area contributed by atoms with Gasteiger partial charge in [-0.3, -0.25) is 0 Å². The van der Waals surface area contributed by atoms with Crippen LogP contribution in [-0.2, 0) is 0 Å². The first-order chi connectivity index (χ1) is 8.20. The third-order valence-corrected chi connectivity index (χ3v) is 2.27. The average molecular weight is 228 g/mol. The van der Waals surface area contributed by atoms with Crippen LogP contribution in [0, 0.1) is 25.2 Å². The van der Waals surface area contributed by atoms with Gasteiger partial charge in [-0.05, 0) is 31.5 Å². The Morgan fingerprint density at radius 1 is 1.24 bits per heavy atom. The lowest BCUT2D eigenvalue weighted by atomic mass is 10.3. The quantitative estimate of drug-likeness (QED) is 0.754. The van der Waals surface area contributed by atoms with Crippen molar-refractivity contribution in [2.75, 3.05) is 0 Å². The van der Waals surface area contributed by atoms with Crippen LogP contribution in [0.5, 0.6) is 0 Å². The number of nitriles is 1. The van der Waals surface area contributed by atoms with Crippen LogP contribution in [0.25, 0.3) is 5.69 Å². The van der Waals surface area contributed by atoms with E-state index in [2.05, 4.69) is 10.1 Å². The predicted octanol–water partition coefficient (Wildman–Crippen LogP) is 2.78. The highest BCUT2D eigenvalue weighted by molar-refractivity contribution is 5.33. The molecule has 0 saturated carbocycles. The summed E-state index contributed by atoms with van der Waals surface area (Å²) in [7, 11) is 0. The van der Waals surface area contributed by atoms with Crippen molar-refractivity contribution in [3.05, 3.63) is 41.5 Å². The smallest absolute Gasteiger partial charge is 0.140 e. The van der Waals surface area contributed by atoms with Gasteiger partial charge >= 0.3 is 0 Å². The SMILES string of the molecule is CC.Cc1cn(-c2ccc(C#N)nc2)nc1C. The van der Waals surface area contributed by atoms with Crippen LogP contribution < -0.4 is 0 Å². The molecule has 4 heteroatoms. The van der Waals surface area contributed by atoms with Crippen molar-refractivity contribution in [3.63, 3.8) is 0 Å².